The van der Waals surface area contributed by atoms with E-state index >= 15 is 0 Å². The Bertz CT molecular complexity index is 403. The summed E-state index contributed by atoms with van der Waals surface area (Å²) in [5.74, 6) is -1.53. The fourth-order valence-corrected chi connectivity index (χ4v) is 1.80. The summed E-state index contributed by atoms with van der Waals surface area (Å²) < 4.78 is 0. The normalized spacial score (nSPS) is 13.7. The topological polar surface area (TPSA) is 66.4 Å². The number of hydrogen-bond donors (Lipinski definition) is 2. The predicted octanol–water partition coefficient (Wildman–Crippen LogP) is 2.16. The third kappa shape index (κ3) is 3.87. The molecule has 1 amide bonds. The van der Waals surface area contributed by atoms with Crippen molar-refractivity contribution >= 4 is 11.9 Å². The summed E-state index contributed by atoms with van der Waals surface area (Å²) in [7, 11) is 0. The molecule has 4 heteroatoms. The minimum atomic E-state index is -1.02. The Morgan fingerprint density at radius 2 is 1.89 bits per heavy atom. The number of nitrogens with one attached hydrogen (secondary N) is 1. The molecule has 0 saturated carbocycles. The van der Waals surface area contributed by atoms with Crippen LogP contribution < -0.4 is 5.32 Å². The van der Waals surface area contributed by atoms with Gasteiger partial charge in [0.05, 0.1) is 5.92 Å². The van der Waals surface area contributed by atoms with Crippen molar-refractivity contribution in [2.45, 2.75) is 38.6 Å². The van der Waals surface area contributed by atoms with Crippen molar-refractivity contribution in [3.05, 3.63) is 35.9 Å². The Morgan fingerprint density at radius 3 is 2.39 bits per heavy atom. The molecule has 1 aromatic rings. The van der Waals surface area contributed by atoms with Gasteiger partial charge in [-0.2, -0.15) is 0 Å². The fourth-order valence-electron chi connectivity index (χ4n) is 1.80. The molecule has 0 aliphatic carbocycles. The Morgan fingerprint density at radius 1 is 1.28 bits per heavy atom. The first-order valence-electron chi connectivity index (χ1n) is 6.14. The van der Waals surface area contributed by atoms with Gasteiger partial charge in [0.25, 0.3) is 0 Å². The van der Waals surface area contributed by atoms with E-state index in [1.54, 1.807) is 0 Å². The van der Waals surface area contributed by atoms with Crippen LogP contribution in [0.1, 0.15) is 38.2 Å². The quantitative estimate of drug-likeness (QED) is 0.812. The van der Waals surface area contributed by atoms with Gasteiger partial charge in [-0.3, -0.25) is 9.59 Å². The second-order valence-corrected chi connectivity index (χ2v) is 4.32. The van der Waals surface area contributed by atoms with E-state index in [1.807, 2.05) is 37.3 Å². The lowest BCUT2D eigenvalue weighted by Crippen LogP contribution is -2.41. The first-order chi connectivity index (χ1) is 8.56. The molecule has 2 N–H and O–H groups in total. The number of rotatable bonds is 6. The Kier molecular flexibility index (Phi) is 5.36. The van der Waals surface area contributed by atoms with Gasteiger partial charge in [0.1, 0.15) is 6.04 Å². The van der Waals surface area contributed by atoms with Crippen molar-refractivity contribution in [2.24, 2.45) is 0 Å². The number of amides is 1. The van der Waals surface area contributed by atoms with Crippen molar-refractivity contribution in [1.29, 1.82) is 0 Å². The van der Waals surface area contributed by atoms with Gasteiger partial charge in [-0.15, -0.1) is 0 Å². The molecule has 1 rings (SSSR count). The zero-order chi connectivity index (χ0) is 13.5. The van der Waals surface area contributed by atoms with Crippen LogP contribution in [0.15, 0.2) is 30.3 Å². The van der Waals surface area contributed by atoms with Crippen LogP contribution >= 0.6 is 0 Å². The average molecular weight is 249 g/mol. The van der Waals surface area contributed by atoms with Gasteiger partial charge in [0.15, 0.2) is 0 Å². The molecule has 0 aliphatic rings. The van der Waals surface area contributed by atoms with E-state index in [1.165, 1.54) is 6.92 Å². The number of benzene rings is 1. The van der Waals surface area contributed by atoms with E-state index < -0.39 is 12.0 Å². The third-order valence-electron chi connectivity index (χ3n) is 2.82. The van der Waals surface area contributed by atoms with Gasteiger partial charge in [-0.25, -0.2) is 0 Å². The van der Waals surface area contributed by atoms with E-state index in [2.05, 4.69) is 5.32 Å². The number of carboxylic acids is 1. The van der Waals surface area contributed by atoms with Crippen LogP contribution in [0, 0.1) is 0 Å². The Labute approximate surface area is 107 Å². The van der Waals surface area contributed by atoms with E-state index in [-0.39, 0.29) is 11.8 Å². The molecule has 2 atom stereocenters. The molecular weight excluding hydrogens is 230 g/mol. The van der Waals surface area contributed by atoms with Crippen molar-refractivity contribution < 1.29 is 14.7 Å². The van der Waals surface area contributed by atoms with Crippen molar-refractivity contribution in [1.82, 2.24) is 5.32 Å². The van der Waals surface area contributed by atoms with Gasteiger partial charge >= 0.3 is 5.97 Å². The molecule has 1 aromatic carbocycles. The highest BCUT2D eigenvalue weighted by molar-refractivity contribution is 5.87. The molecular formula is C14H19NO3. The monoisotopic (exact) mass is 249 g/mol. The smallest absolute Gasteiger partial charge is 0.325 e. The SMILES string of the molecule is CCCC(C(=O)N[C@H](C)C(=O)O)c1ccccc1. The highest BCUT2D eigenvalue weighted by Crippen LogP contribution is 2.21. The summed E-state index contributed by atoms with van der Waals surface area (Å²) in [6.07, 6.45) is 1.58. The predicted molar refractivity (Wildman–Crippen MR) is 69.3 cm³/mol. The molecule has 0 aromatic heterocycles. The van der Waals surface area contributed by atoms with Crippen molar-refractivity contribution in [2.75, 3.05) is 0 Å². The maximum atomic E-state index is 12.1. The molecule has 0 heterocycles. The zero-order valence-electron chi connectivity index (χ0n) is 10.7. The number of hydrogen-bond acceptors (Lipinski definition) is 2. The van der Waals surface area contributed by atoms with E-state index in [9.17, 15) is 9.59 Å². The highest BCUT2D eigenvalue weighted by atomic mass is 16.4. The first kappa shape index (κ1) is 14.2. The van der Waals surface area contributed by atoms with Gasteiger partial charge in [0, 0.05) is 0 Å². The summed E-state index contributed by atoms with van der Waals surface area (Å²) in [6, 6.07) is 8.58. The molecule has 0 fully saturated rings. The van der Waals surface area contributed by atoms with Crippen LogP contribution in [0.2, 0.25) is 0 Å². The van der Waals surface area contributed by atoms with Crippen molar-refractivity contribution in [3.63, 3.8) is 0 Å². The maximum absolute atomic E-state index is 12.1. The first-order valence-corrected chi connectivity index (χ1v) is 6.14. The van der Waals surface area contributed by atoms with E-state index in [0.29, 0.717) is 6.42 Å². The third-order valence-corrected chi connectivity index (χ3v) is 2.82. The second-order valence-electron chi connectivity index (χ2n) is 4.32. The lowest BCUT2D eigenvalue weighted by Gasteiger charge is -2.18. The molecule has 4 nitrogen and oxygen atoms in total. The van der Waals surface area contributed by atoms with Gasteiger partial charge in [-0.1, -0.05) is 43.7 Å². The molecule has 1 unspecified atom stereocenters. The average Bonchev–Trinajstić information content (AvgIpc) is 2.36. The summed E-state index contributed by atoms with van der Waals surface area (Å²) >= 11 is 0. The maximum Gasteiger partial charge on any atom is 0.325 e. The summed E-state index contributed by atoms with van der Waals surface area (Å²) in [6.45, 7) is 3.47. The minimum Gasteiger partial charge on any atom is -0.480 e. The Hall–Kier alpha value is -1.84. The minimum absolute atomic E-state index is 0.224. The lowest BCUT2D eigenvalue weighted by atomic mass is 9.93. The molecule has 98 valence electrons. The van der Waals surface area contributed by atoms with Crippen LogP contribution in [-0.2, 0) is 9.59 Å². The standard InChI is InChI=1S/C14H19NO3/c1-3-7-12(11-8-5-4-6-9-11)13(16)15-10(2)14(17)18/h4-6,8-10,12H,3,7H2,1-2H3,(H,15,16)(H,17,18)/t10-,12?/m1/s1. The van der Waals surface area contributed by atoms with Crippen LogP contribution in [0.4, 0.5) is 0 Å². The summed E-state index contributed by atoms with van der Waals surface area (Å²) in [5.41, 5.74) is 0.925. The molecule has 0 bridgehead atoms. The van der Waals surface area contributed by atoms with Gasteiger partial charge < -0.3 is 10.4 Å². The van der Waals surface area contributed by atoms with Crippen LogP contribution in [0.5, 0.6) is 0 Å². The zero-order valence-corrected chi connectivity index (χ0v) is 10.7. The lowest BCUT2D eigenvalue weighted by molar-refractivity contribution is -0.141. The molecule has 0 spiro atoms. The molecule has 0 radical (unpaired) electrons. The summed E-state index contributed by atoms with van der Waals surface area (Å²) in [5, 5.41) is 11.3. The van der Waals surface area contributed by atoms with Crippen LogP contribution in [0.25, 0.3) is 0 Å². The fraction of sp³-hybridized carbons (Fsp3) is 0.429. The van der Waals surface area contributed by atoms with Crippen LogP contribution in [-0.4, -0.2) is 23.0 Å². The number of carboxylic acid groups (broad SMARTS) is 1. The molecule has 0 aliphatic heterocycles. The van der Waals surface area contributed by atoms with Crippen molar-refractivity contribution in [3.8, 4) is 0 Å². The van der Waals surface area contributed by atoms with E-state index in [4.69, 9.17) is 5.11 Å². The molecule has 18 heavy (non-hydrogen) atoms. The summed E-state index contributed by atoms with van der Waals surface area (Å²) in [4.78, 5) is 22.8. The largest absolute Gasteiger partial charge is 0.480 e. The number of aliphatic carboxylic acids is 1. The van der Waals surface area contributed by atoms with Gasteiger partial charge in [0.2, 0.25) is 5.91 Å². The van der Waals surface area contributed by atoms with E-state index in [0.717, 1.165) is 12.0 Å². The Balaban J connectivity index is 2.79. The highest BCUT2D eigenvalue weighted by Gasteiger charge is 2.22. The number of carbonyl (C=O) groups is 2. The van der Waals surface area contributed by atoms with Crippen LogP contribution in [0.3, 0.4) is 0 Å². The molecule has 0 saturated heterocycles. The van der Waals surface area contributed by atoms with Gasteiger partial charge in [-0.05, 0) is 18.9 Å². The number of carbonyl (C=O) groups excluding carboxylic acids is 1. The second kappa shape index (κ2) is 6.79.